The first-order valence-electron chi connectivity index (χ1n) is 5.61. The van der Waals surface area contributed by atoms with Gasteiger partial charge in [-0.25, -0.2) is 0 Å². The molecule has 0 bridgehead atoms. The molecule has 1 saturated heterocycles. The zero-order valence-corrected chi connectivity index (χ0v) is 10.9. The second-order valence-electron chi connectivity index (χ2n) is 4.20. The van der Waals surface area contributed by atoms with E-state index in [0.29, 0.717) is 0 Å². The zero-order chi connectivity index (χ0) is 14.9. The van der Waals surface area contributed by atoms with Gasteiger partial charge in [0.2, 0.25) is 5.91 Å². The number of halogens is 3. The number of carboxylic acids is 1. The maximum Gasteiger partial charge on any atom is 0.416 e. The van der Waals surface area contributed by atoms with Crippen molar-refractivity contribution in [3.05, 3.63) is 29.8 Å². The number of nitrogens with zero attached hydrogens (tertiary/aromatic N) is 1. The normalized spacial score (nSPS) is 19.4. The zero-order valence-electron chi connectivity index (χ0n) is 10.1. The van der Waals surface area contributed by atoms with Gasteiger partial charge >= 0.3 is 12.1 Å². The highest BCUT2D eigenvalue weighted by Crippen LogP contribution is 2.35. The molecule has 1 atom stereocenters. The largest absolute Gasteiger partial charge is 0.481 e. The van der Waals surface area contributed by atoms with E-state index in [-0.39, 0.29) is 18.0 Å². The second-order valence-corrected chi connectivity index (χ2v) is 5.36. The molecule has 8 heteroatoms. The number of alkyl halides is 3. The lowest BCUT2D eigenvalue weighted by atomic mass is 10.1. The molecule has 1 N–H and O–H groups in total. The van der Waals surface area contributed by atoms with Crippen LogP contribution in [0.1, 0.15) is 12.0 Å². The van der Waals surface area contributed by atoms with Crippen molar-refractivity contribution in [2.75, 3.05) is 10.8 Å². The van der Waals surface area contributed by atoms with E-state index >= 15 is 0 Å². The molecule has 1 amide bonds. The number of carboxylic acid groups (broad SMARTS) is 1. The smallest absolute Gasteiger partial charge is 0.416 e. The Kier molecular flexibility index (Phi) is 3.94. The lowest BCUT2D eigenvalue weighted by Crippen LogP contribution is -2.30. The minimum atomic E-state index is -4.48. The number of anilines is 1. The van der Waals surface area contributed by atoms with Gasteiger partial charge in [0.25, 0.3) is 0 Å². The molecule has 0 saturated carbocycles. The summed E-state index contributed by atoms with van der Waals surface area (Å²) in [6.07, 6.45) is -4.81. The number of carbonyl (C=O) groups excluding carboxylic acids is 1. The third kappa shape index (κ3) is 3.06. The molecule has 20 heavy (non-hydrogen) atoms. The van der Waals surface area contributed by atoms with Crippen molar-refractivity contribution < 1.29 is 27.9 Å². The van der Waals surface area contributed by atoms with Gasteiger partial charge in [0.1, 0.15) is 0 Å². The van der Waals surface area contributed by atoms with Crippen LogP contribution in [0.3, 0.4) is 0 Å². The Morgan fingerprint density at radius 3 is 2.75 bits per heavy atom. The van der Waals surface area contributed by atoms with Crippen LogP contribution in [-0.2, 0) is 15.8 Å². The Morgan fingerprint density at radius 1 is 1.45 bits per heavy atom. The number of hydrogen-bond acceptors (Lipinski definition) is 3. The Bertz CT molecular complexity index is 547. The molecule has 1 aliphatic heterocycles. The average Bonchev–Trinajstić information content (AvgIpc) is 2.69. The van der Waals surface area contributed by atoms with Crippen LogP contribution in [0, 0.1) is 0 Å². The molecule has 0 radical (unpaired) electrons. The van der Waals surface area contributed by atoms with E-state index in [4.69, 9.17) is 5.11 Å². The predicted octanol–water partition coefficient (Wildman–Crippen LogP) is 2.59. The van der Waals surface area contributed by atoms with Crippen molar-refractivity contribution in [3.8, 4) is 0 Å². The lowest BCUT2D eigenvalue weighted by Gasteiger charge is -2.17. The van der Waals surface area contributed by atoms with Crippen molar-refractivity contribution in [1.82, 2.24) is 0 Å². The van der Waals surface area contributed by atoms with Crippen LogP contribution in [0.15, 0.2) is 24.3 Å². The molecule has 108 valence electrons. The van der Waals surface area contributed by atoms with Crippen LogP contribution in [0.2, 0.25) is 0 Å². The number of thioether (sulfide) groups is 1. The Labute approximate surface area is 116 Å². The molecular formula is C12H10F3NO3S. The summed E-state index contributed by atoms with van der Waals surface area (Å²) in [5, 5.41) is 7.92. The van der Waals surface area contributed by atoms with Gasteiger partial charge in [-0.05, 0) is 18.2 Å². The molecule has 1 unspecified atom stereocenters. The van der Waals surface area contributed by atoms with Crippen molar-refractivity contribution >= 4 is 29.3 Å². The Morgan fingerprint density at radius 2 is 2.15 bits per heavy atom. The average molecular weight is 305 g/mol. The number of rotatable bonds is 3. The molecule has 1 aliphatic rings. The summed E-state index contributed by atoms with van der Waals surface area (Å²) in [7, 11) is 0. The molecule has 1 heterocycles. The van der Waals surface area contributed by atoms with Crippen molar-refractivity contribution in [3.63, 3.8) is 0 Å². The Balaban J connectivity index is 2.21. The van der Waals surface area contributed by atoms with Crippen molar-refractivity contribution in [1.29, 1.82) is 0 Å². The minimum absolute atomic E-state index is 0.130. The fourth-order valence-corrected chi connectivity index (χ4v) is 2.97. The maximum absolute atomic E-state index is 12.6. The summed E-state index contributed by atoms with van der Waals surface area (Å²) < 4.78 is 37.8. The van der Waals surface area contributed by atoms with Gasteiger partial charge in [-0.15, -0.1) is 11.8 Å². The topological polar surface area (TPSA) is 57.6 Å². The van der Waals surface area contributed by atoms with E-state index < -0.39 is 28.9 Å². The number of carbonyl (C=O) groups is 2. The molecular weight excluding hydrogens is 295 g/mol. The molecule has 1 aromatic carbocycles. The monoisotopic (exact) mass is 305 g/mol. The first kappa shape index (κ1) is 14.7. The highest BCUT2D eigenvalue weighted by molar-refractivity contribution is 8.01. The summed E-state index contributed by atoms with van der Waals surface area (Å²) in [6, 6.07) is 4.44. The van der Waals surface area contributed by atoms with Gasteiger partial charge in [-0.2, -0.15) is 13.2 Å². The molecule has 4 nitrogen and oxygen atoms in total. The van der Waals surface area contributed by atoms with Crippen LogP contribution < -0.4 is 4.90 Å². The van der Waals surface area contributed by atoms with Gasteiger partial charge in [-0.3, -0.25) is 9.59 Å². The van der Waals surface area contributed by atoms with E-state index in [1.54, 1.807) is 0 Å². The van der Waals surface area contributed by atoms with E-state index in [1.165, 1.54) is 17.0 Å². The van der Waals surface area contributed by atoms with Crippen molar-refractivity contribution in [2.45, 2.75) is 17.8 Å². The number of hydrogen-bond donors (Lipinski definition) is 1. The fourth-order valence-electron chi connectivity index (χ4n) is 1.83. The molecule has 0 spiro atoms. The summed E-state index contributed by atoms with van der Waals surface area (Å²) >= 11 is 1.11. The standard InChI is InChI=1S/C12H10F3NO3S/c13-12(14,15)7-2-1-3-8(4-7)16-6-20-9(11(16)19)5-10(17)18/h1-4,9H,5-6H2,(H,17,18). The quantitative estimate of drug-likeness (QED) is 0.932. The third-order valence-electron chi connectivity index (χ3n) is 2.79. The summed E-state index contributed by atoms with van der Waals surface area (Å²) in [4.78, 5) is 23.7. The van der Waals surface area contributed by atoms with Crippen LogP contribution in [0.5, 0.6) is 0 Å². The number of amides is 1. The Hall–Kier alpha value is -1.70. The molecule has 1 fully saturated rings. The van der Waals surface area contributed by atoms with E-state index in [0.717, 1.165) is 23.9 Å². The maximum atomic E-state index is 12.6. The van der Waals surface area contributed by atoms with Crippen LogP contribution in [0.4, 0.5) is 18.9 Å². The van der Waals surface area contributed by atoms with E-state index in [1.807, 2.05) is 0 Å². The van der Waals surface area contributed by atoms with Crippen LogP contribution in [0.25, 0.3) is 0 Å². The number of aliphatic carboxylic acids is 1. The van der Waals surface area contributed by atoms with E-state index in [2.05, 4.69) is 0 Å². The van der Waals surface area contributed by atoms with Gasteiger partial charge < -0.3 is 10.0 Å². The molecule has 0 aromatic heterocycles. The fraction of sp³-hybridized carbons (Fsp3) is 0.333. The predicted molar refractivity (Wildman–Crippen MR) is 67.4 cm³/mol. The first-order valence-corrected chi connectivity index (χ1v) is 6.66. The first-order chi connectivity index (χ1) is 9.29. The van der Waals surface area contributed by atoms with Gasteiger partial charge in [0, 0.05) is 5.69 Å². The number of benzene rings is 1. The molecule has 1 aromatic rings. The highest BCUT2D eigenvalue weighted by Gasteiger charge is 2.36. The minimum Gasteiger partial charge on any atom is -0.481 e. The third-order valence-corrected chi connectivity index (χ3v) is 3.97. The van der Waals surface area contributed by atoms with Gasteiger partial charge in [-0.1, -0.05) is 6.07 Å². The van der Waals surface area contributed by atoms with Crippen LogP contribution in [-0.4, -0.2) is 28.1 Å². The molecule has 2 rings (SSSR count). The summed E-state index contributed by atoms with van der Waals surface area (Å²) in [6.45, 7) is 0. The summed E-state index contributed by atoms with van der Waals surface area (Å²) in [5.74, 6) is -1.43. The second kappa shape index (κ2) is 5.35. The molecule has 0 aliphatic carbocycles. The van der Waals surface area contributed by atoms with Crippen molar-refractivity contribution in [2.24, 2.45) is 0 Å². The lowest BCUT2D eigenvalue weighted by molar-refractivity contribution is -0.138. The SMILES string of the molecule is O=C(O)CC1SCN(c2cccc(C(F)(F)F)c2)C1=O. The highest BCUT2D eigenvalue weighted by atomic mass is 32.2. The summed E-state index contributed by atoms with van der Waals surface area (Å²) in [5.41, 5.74) is -0.709. The van der Waals surface area contributed by atoms with Crippen LogP contribution >= 0.6 is 11.8 Å². The van der Waals surface area contributed by atoms with Gasteiger partial charge in [0.05, 0.1) is 23.1 Å². The van der Waals surface area contributed by atoms with E-state index in [9.17, 15) is 22.8 Å². The van der Waals surface area contributed by atoms with Gasteiger partial charge in [0.15, 0.2) is 0 Å².